The standard InChI is InChI=1S/C57H68ClN9O8S2/c1-32-36(5)77-56-49(32)50(40-15-19-42(58)20-16-40)62-45(53-65-64-37(6)67(53)56)28-47(69)60-33(2)39-17-21-44(22-18-39)75-24-10-23-73-25-26-74-30-48(70)63-52(57(7,8)9)55(72)66-29-43(68)27-46(66)54(71)61-34(3)38-11-13-41(14-12-38)51-35(4)59-31-76-51/h11-22,31,33-34,43,45-46,52,68H,10,23-30H2,1-9H3,(H,60,69)(H,61,71)(H,63,70)/t33-,34-,43+,45+,46-,52?/m0/s1. The van der Waals surface area contributed by atoms with Gasteiger partial charge in [0, 0.05) is 47.0 Å². The predicted molar refractivity (Wildman–Crippen MR) is 299 cm³/mol. The lowest BCUT2D eigenvalue weighted by Gasteiger charge is -2.35. The second-order valence-electron chi connectivity index (χ2n) is 20.7. The third-order valence-electron chi connectivity index (χ3n) is 13.9. The Morgan fingerprint density at radius 3 is 2.16 bits per heavy atom. The van der Waals surface area contributed by atoms with E-state index in [2.05, 4.69) is 45.0 Å². The summed E-state index contributed by atoms with van der Waals surface area (Å²) < 4.78 is 19.3. The van der Waals surface area contributed by atoms with Gasteiger partial charge in [-0.05, 0) is 93.5 Å². The summed E-state index contributed by atoms with van der Waals surface area (Å²) in [6.07, 6.45) is -0.126. The molecular weight excluding hydrogens is 1040 g/mol. The highest BCUT2D eigenvalue weighted by Crippen LogP contribution is 2.40. The maximum atomic E-state index is 14.1. The molecule has 6 atom stereocenters. The molecule has 6 aromatic rings. The number of rotatable bonds is 21. The van der Waals surface area contributed by atoms with Crippen LogP contribution < -0.4 is 20.7 Å². The molecule has 3 aromatic carbocycles. The first-order valence-electron chi connectivity index (χ1n) is 25.9. The summed E-state index contributed by atoms with van der Waals surface area (Å²) in [4.78, 5) is 67.8. The Morgan fingerprint density at radius 2 is 1.48 bits per heavy atom. The maximum Gasteiger partial charge on any atom is 0.246 e. The van der Waals surface area contributed by atoms with Crippen molar-refractivity contribution in [3.05, 3.63) is 133 Å². The number of β-amino-alcohol motifs (C(OH)–C–C–N with tert-alkyl or cyclic N) is 1. The Hall–Kier alpha value is -6.35. The largest absolute Gasteiger partial charge is 0.494 e. The molecule has 0 spiro atoms. The molecule has 0 aliphatic carbocycles. The number of benzene rings is 3. The maximum absolute atomic E-state index is 14.1. The van der Waals surface area contributed by atoms with Crippen molar-refractivity contribution < 1.29 is 38.5 Å². The van der Waals surface area contributed by atoms with E-state index in [-0.39, 0.29) is 63.1 Å². The number of aliphatic hydroxyl groups is 1. The van der Waals surface area contributed by atoms with Crippen LogP contribution in [0.1, 0.15) is 122 Å². The summed E-state index contributed by atoms with van der Waals surface area (Å²) in [5, 5.41) is 30.2. The van der Waals surface area contributed by atoms with Gasteiger partial charge in [-0.1, -0.05) is 80.9 Å². The van der Waals surface area contributed by atoms with Crippen molar-refractivity contribution in [3.63, 3.8) is 0 Å². The van der Waals surface area contributed by atoms with Gasteiger partial charge in [-0.3, -0.25) is 28.7 Å². The molecule has 8 rings (SSSR count). The molecule has 0 saturated carbocycles. The number of hydrogen-bond acceptors (Lipinski definition) is 14. The zero-order valence-electron chi connectivity index (χ0n) is 45.0. The number of thiazole rings is 1. The summed E-state index contributed by atoms with van der Waals surface area (Å²) >= 11 is 9.50. The van der Waals surface area contributed by atoms with Gasteiger partial charge in [0.25, 0.3) is 0 Å². The van der Waals surface area contributed by atoms with Crippen LogP contribution in [0.2, 0.25) is 5.02 Å². The van der Waals surface area contributed by atoms with Gasteiger partial charge in [-0.25, -0.2) is 4.98 Å². The van der Waals surface area contributed by atoms with E-state index in [1.54, 1.807) is 22.7 Å². The first-order valence-corrected chi connectivity index (χ1v) is 28.0. The van der Waals surface area contributed by atoms with Crippen LogP contribution in [-0.2, 0) is 28.7 Å². The molecule has 3 aromatic heterocycles. The fraction of sp³-hybridized carbons (Fsp3) is 0.439. The van der Waals surface area contributed by atoms with Crippen LogP contribution >= 0.6 is 34.3 Å². The average Bonchev–Trinajstić information content (AvgIpc) is 4.21. The number of aromatic nitrogens is 4. The van der Waals surface area contributed by atoms with E-state index in [9.17, 15) is 24.3 Å². The van der Waals surface area contributed by atoms with Crippen molar-refractivity contribution in [1.29, 1.82) is 0 Å². The van der Waals surface area contributed by atoms with Gasteiger partial charge >= 0.3 is 0 Å². The Labute approximate surface area is 462 Å². The molecule has 4 N–H and O–H groups in total. The van der Waals surface area contributed by atoms with Crippen LogP contribution in [0, 0.1) is 33.1 Å². The Morgan fingerprint density at radius 1 is 0.818 bits per heavy atom. The zero-order valence-corrected chi connectivity index (χ0v) is 47.4. The molecular formula is C57H68ClN9O8S2. The summed E-state index contributed by atoms with van der Waals surface area (Å²) in [5.41, 5.74) is 8.72. The molecule has 17 nitrogen and oxygen atoms in total. The summed E-state index contributed by atoms with van der Waals surface area (Å²) in [6, 6.07) is 20.0. The number of thiophene rings is 1. The van der Waals surface area contributed by atoms with Crippen molar-refractivity contribution in [3.8, 4) is 21.2 Å². The summed E-state index contributed by atoms with van der Waals surface area (Å²) in [7, 11) is 0. The minimum Gasteiger partial charge on any atom is -0.494 e. The number of aliphatic hydroxyl groups excluding tert-OH is 1. The van der Waals surface area contributed by atoms with Crippen molar-refractivity contribution in [2.75, 3.05) is 39.6 Å². The second kappa shape index (κ2) is 25.0. The average molecular weight is 1110 g/mol. The number of nitrogens with zero attached hydrogens (tertiary/aromatic N) is 6. The summed E-state index contributed by atoms with van der Waals surface area (Å²) in [5.74, 6) is 0.530. The fourth-order valence-corrected chi connectivity index (χ4v) is 11.7. The van der Waals surface area contributed by atoms with Gasteiger partial charge in [0.05, 0.1) is 66.2 Å². The first kappa shape index (κ1) is 56.8. The van der Waals surface area contributed by atoms with Gasteiger partial charge < -0.3 is 40.2 Å². The highest BCUT2D eigenvalue weighted by Gasteiger charge is 2.45. The Kier molecular flexibility index (Phi) is 18.4. The number of ether oxygens (including phenoxy) is 3. The van der Waals surface area contributed by atoms with E-state index in [1.165, 1.54) is 9.78 Å². The van der Waals surface area contributed by atoms with E-state index in [1.807, 2.05) is 131 Å². The lowest BCUT2D eigenvalue weighted by molar-refractivity contribution is -0.144. The highest BCUT2D eigenvalue weighted by molar-refractivity contribution is 7.15. The third-order valence-corrected chi connectivity index (χ3v) is 16.3. The Bertz CT molecular complexity index is 3080. The number of halogens is 1. The molecule has 408 valence electrons. The Balaban J connectivity index is 0.739. The zero-order chi connectivity index (χ0) is 55.1. The summed E-state index contributed by atoms with van der Waals surface area (Å²) in [6.45, 7) is 18.3. The van der Waals surface area contributed by atoms with E-state index in [0.717, 1.165) is 60.5 Å². The third kappa shape index (κ3) is 13.7. The number of fused-ring (bicyclic) bond motifs is 3. The lowest BCUT2D eigenvalue weighted by Crippen LogP contribution is -2.58. The lowest BCUT2D eigenvalue weighted by atomic mass is 9.85. The van der Waals surface area contributed by atoms with Crippen molar-refractivity contribution in [1.82, 2.24) is 40.6 Å². The number of amides is 4. The van der Waals surface area contributed by atoms with Gasteiger partial charge in [-0.15, -0.1) is 32.9 Å². The predicted octanol–water partition coefficient (Wildman–Crippen LogP) is 8.67. The minimum atomic E-state index is -0.982. The topological polar surface area (TPSA) is 211 Å². The highest BCUT2D eigenvalue weighted by atomic mass is 35.5. The molecule has 2 aliphatic rings. The van der Waals surface area contributed by atoms with E-state index in [0.29, 0.717) is 36.2 Å². The van der Waals surface area contributed by atoms with Crippen LogP contribution in [0.5, 0.6) is 5.75 Å². The smallest absolute Gasteiger partial charge is 0.246 e. The minimum absolute atomic E-state index is 0.0285. The van der Waals surface area contributed by atoms with Crippen molar-refractivity contribution in [2.45, 2.75) is 118 Å². The number of aryl methyl sites for hydroxylation is 3. The number of aliphatic imine (C=N–C) groups is 1. The molecule has 2 aliphatic heterocycles. The quantitative estimate of drug-likeness (QED) is 0.0501. The van der Waals surface area contributed by atoms with Crippen LogP contribution in [0.15, 0.2) is 83.3 Å². The van der Waals surface area contributed by atoms with Crippen molar-refractivity contribution >= 4 is 63.6 Å². The van der Waals surface area contributed by atoms with Gasteiger partial charge in [-0.2, -0.15) is 0 Å². The van der Waals surface area contributed by atoms with Crippen LogP contribution in [0.4, 0.5) is 0 Å². The number of carbonyl (C=O) groups excluding carboxylic acids is 4. The second-order valence-corrected chi connectivity index (χ2v) is 23.2. The number of hydrogen-bond donors (Lipinski definition) is 4. The number of carbonyl (C=O) groups is 4. The molecule has 20 heteroatoms. The SMILES string of the molecule is Cc1ncsc1-c1ccc([C@H](C)NC(=O)[C@@H]2C[C@@H](O)CN2C(=O)C(NC(=O)COCCOCCCOc2ccc([C@H](C)NC(=O)C[C@H]3N=C(c4ccc(Cl)cc4)c4c(sc(C)c4C)-n4c(C)nnc43)cc2)C(C)(C)C)cc1. The van der Waals surface area contributed by atoms with Crippen LogP contribution in [0.3, 0.4) is 0 Å². The molecule has 1 fully saturated rings. The number of nitrogens with one attached hydrogen (secondary N) is 3. The molecule has 77 heavy (non-hydrogen) atoms. The number of likely N-dealkylation sites (tertiary alicyclic amines) is 1. The van der Waals surface area contributed by atoms with E-state index >= 15 is 0 Å². The molecule has 1 unspecified atom stereocenters. The van der Waals surface area contributed by atoms with E-state index < -0.39 is 41.5 Å². The molecule has 1 saturated heterocycles. The van der Waals surface area contributed by atoms with Gasteiger partial charge in [0.1, 0.15) is 41.3 Å². The fourth-order valence-electron chi connectivity index (χ4n) is 9.50. The normalized spacial score (nSPS) is 17.4. The van der Waals surface area contributed by atoms with Crippen LogP contribution in [-0.4, -0.2) is 117 Å². The van der Waals surface area contributed by atoms with Crippen molar-refractivity contribution in [2.24, 2.45) is 10.4 Å². The van der Waals surface area contributed by atoms with Gasteiger partial charge in [0.15, 0.2) is 5.82 Å². The van der Waals surface area contributed by atoms with Gasteiger partial charge in [0.2, 0.25) is 23.6 Å². The van der Waals surface area contributed by atoms with E-state index in [4.69, 9.17) is 30.8 Å². The molecule has 0 radical (unpaired) electrons. The first-order chi connectivity index (χ1) is 36.8. The molecule has 5 heterocycles. The molecule has 4 amide bonds. The molecule has 0 bridgehead atoms. The monoisotopic (exact) mass is 1110 g/mol. The van der Waals surface area contributed by atoms with Crippen LogP contribution in [0.25, 0.3) is 15.4 Å².